The average Bonchev–Trinajstić information content (AvgIpc) is 2.47. The van der Waals surface area contributed by atoms with Gasteiger partial charge in [-0.1, -0.05) is 0 Å². The van der Waals surface area contributed by atoms with Crippen LogP contribution >= 0.6 is 12.4 Å². The van der Waals surface area contributed by atoms with Crippen LogP contribution in [0.3, 0.4) is 0 Å². The van der Waals surface area contributed by atoms with Crippen LogP contribution < -0.4 is 10.5 Å². The molecule has 1 aromatic carbocycles. The number of benzene rings is 1. The van der Waals surface area contributed by atoms with Crippen LogP contribution in [0.4, 0.5) is 4.39 Å². The molecule has 0 spiro atoms. The van der Waals surface area contributed by atoms with Gasteiger partial charge in [-0.05, 0) is 38.1 Å². The topological polar surface area (TPSA) is 92.5 Å². The number of piperidine rings is 1. The van der Waals surface area contributed by atoms with Gasteiger partial charge < -0.3 is 10.6 Å². The Morgan fingerprint density at radius 2 is 2.14 bits per heavy atom. The summed E-state index contributed by atoms with van der Waals surface area (Å²) in [6, 6.07) is 3.25. The molecule has 0 radical (unpaired) electrons. The Kier molecular flexibility index (Phi) is 6.30. The summed E-state index contributed by atoms with van der Waals surface area (Å²) in [4.78, 5) is 13.4. The normalized spacial score (nSPS) is 18.7. The minimum absolute atomic E-state index is 0. The molecule has 2 rings (SSSR count). The quantitative estimate of drug-likeness (QED) is 0.839. The molecule has 1 aliphatic heterocycles. The Balaban J connectivity index is 0.00000242. The van der Waals surface area contributed by atoms with Crippen LogP contribution in [0.25, 0.3) is 0 Å². The molecule has 1 amide bonds. The van der Waals surface area contributed by atoms with Gasteiger partial charge in [-0.2, -0.15) is 0 Å². The van der Waals surface area contributed by atoms with Gasteiger partial charge >= 0.3 is 0 Å². The first-order chi connectivity index (χ1) is 9.85. The number of sulfonamides is 1. The number of halogens is 2. The van der Waals surface area contributed by atoms with Gasteiger partial charge in [0.05, 0.1) is 0 Å². The monoisotopic (exact) mass is 351 g/mol. The van der Waals surface area contributed by atoms with E-state index in [1.165, 1.54) is 13.1 Å². The molecule has 22 heavy (non-hydrogen) atoms. The predicted octanol–water partition coefficient (Wildman–Crippen LogP) is 0.719. The lowest BCUT2D eigenvalue weighted by Crippen LogP contribution is -2.45. The molecule has 1 heterocycles. The molecular weight excluding hydrogens is 333 g/mol. The van der Waals surface area contributed by atoms with E-state index in [2.05, 4.69) is 0 Å². The second-order valence-electron chi connectivity index (χ2n) is 5.01. The average molecular weight is 352 g/mol. The number of hydrogen-bond donors (Lipinski definition) is 2. The van der Waals surface area contributed by atoms with E-state index in [4.69, 9.17) is 5.73 Å². The smallest absolute Gasteiger partial charge is 0.253 e. The molecular formula is C13H19ClFN3O3S. The standard InChI is InChI=1S/C13H18FN3O3S.ClH/c1-16-21(19,20)12-7-9(4-5-11(12)14)13(18)17-6-2-3-10(15)8-17;/h4-5,7,10,16H,2-3,6,8,15H2,1H3;1H. The Labute approximate surface area is 135 Å². The molecule has 0 saturated carbocycles. The predicted molar refractivity (Wildman–Crippen MR) is 83.0 cm³/mol. The van der Waals surface area contributed by atoms with Crippen molar-refractivity contribution in [2.24, 2.45) is 5.73 Å². The maximum absolute atomic E-state index is 13.7. The minimum atomic E-state index is -3.95. The third kappa shape index (κ3) is 3.95. The summed E-state index contributed by atoms with van der Waals surface area (Å²) >= 11 is 0. The molecule has 0 aromatic heterocycles. The highest BCUT2D eigenvalue weighted by atomic mass is 35.5. The largest absolute Gasteiger partial charge is 0.337 e. The van der Waals surface area contributed by atoms with E-state index in [9.17, 15) is 17.6 Å². The van der Waals surface area contributed by atoms with Crippen molar-refractivity contribution >= 4 is 28.3 Å². The lowest BCUT2D eigenvalue weighted by Gasteiger charge is -2.30. The Morgan fingerprint density at radius 1 is 1.45 bits per heavy atom. The van der Waals surface area contributed by atoms with Crippen molar-refractivity contribution in [3.63, 3.8) is 0 Å². The van der Waals surface area contributed by atoms with Crippen molar-refractivity contribution < 1.29 is 17.6 Å². The van der Waals surface area contributed by atoms with Gasteiger partial charge in [0.2, 0.25) is 10.0 Å². The molecule has 1 fully saturated rings. The lowest BCUT2D eigenvalue weighted by atomic mass is 10.1. The highest BCUT2D eigenvalue weighted by Gasteiger charge is 2.25. The maximum atomic E-state index is 13.7. The van der Waals surface area contributed by atoms with Crippen molar-refractivity contribution in [1.29, 1.82) is 0 Å². The first-order valence-electron chi connectivity index (χ1n) is 6.63. The first-order valence-corrected chi connectivity index (χ1v) is 8.11. The van der Waals surface area contributed by atoms with E-state index in [1.807, 2.05) is 4.72 Å². The number of carbonyl (C=O) groups excluding carboxylic acids is 1. The van der Waals surface area contributed by atoms with Crippen LogP contribution in [0.5, 0.6) is 0 Å². The Bertz CT molecular complexity index is 654. The number of amides is 1. The van der Waals surface area contributed by atoms with Gasteiger partial charge in [0.15, 0.2) is 0 Å². The molecule has 1 aromatic rings. The molecule has 124 valence electrons. The van der Waals surface area contributed by atoms with Gasteiger partial charge in [0.1, 0.15) is 10.7 Å². The second kappa shape index (κ2) is 7.36. The van der Waals surface area contributed by atoms with E-state index in [-0.39, 0.29) is 29.9 Å². The number of nitrogens with two attached hydrogens (primary N) is 1. The lowest BCUT2D eigenvalue weighted by molar-refractivity contribution is 0.0708. The van der Waals surface area contributed by atoms with Gasteiger partial charge in [-0.3, -0.25) is 4.79 Å². The van der Waals surface area contributed by atoms with Crippen LogP contribution in [0, 0.1) is 5.82 Å². The van der Waals surface area contributed by atoms with Crippen molar-refractivity contribution in [1.82, 2.24) is 9.62 Å². The zero-order chi connectivity index (χ0) is 15.6. The van der Waals surface area contributed by atoms with Crippen molar-refractivity contribution in [2.45, 2.75) is 23.8 Å². The summed E-state index contributed by atoms with van der Waals surface area (Å²) in [7, 11) is -2.76. The number of nitrogens with one attached hydrogen (secondary N) is 1. The van der Waals surface area contributed by atoms with Gasteiger partial charge in [-0.15, -0.1) is 12.4 Å². The summed E-state index contributed by atoms with van der Waals surface area (Å²) in [6.45, 7) is 0.988. The maximum Gasteiger partial charge on any atom is 0.253 e. The van der Waals surface area contributed by atoms with E-state index >= 15 is 0 Å². The first kappa shape index (κ1) is 18.8. The Hall–Kier alpha value is -1.22. The van der Waals surface area contributed by atoms with E-state index in [1.54, 1.807) is 4.90 Å². The minimum Gasteiger partial charge on any atom is -0.337 e. The highest BCUT2D eigenvalue weighted by molar-refractivity contribution is 7.89. The summed E-state index contributed by atoms with van der Waals surface area (Å²) in [6.07, 6.45) is 1.66. The molecule has 3 N–H and O–H groups in total. The molecule has 1 aliphatic rings. The fraction of sp³-hybridized carbons (Fsp3) is 0.462. The summed E-state index contributed by atoms with van der Waals surface area (Å²) in [5.74, 6) is -1.23. The molecule has 1 unspecified atom stereocenters. The Morgan fingerprint density at radius 3 is 2.73 bits per heavy atom. The van der Waals surface area contributed by atoms with Crippen LogP contribution in [-0.4, -0.2) is 45.4 Å². The zero-order valence-electron chi connectivity index (χ0n) is 12.1. The van der Waals surface area contributed by atoms with Crippen LogP contribution in [0.1, 0.15) is 23.2 Å². The van der Waals surface area contributed by atoms with Gasteiger partial charge in [0, 0.05) is 24.7 Å². The fourth-order valence-corrected chi connectivity index (χ4v) is 3.16. The van der Waals surface area contributed by atoms with Gasteiger partial charge in [0.25, 0.3) is 5.91 Å². The third-order valence-corrected chi connectivity index (χ3v) is 4.91. The molecule has 1 saturated heterocycles. The van der Waals surface area contributed by atoms with Gasteiger partial charge in [-0.25, -0.2) is 17.5 Å². The molecule has 0 aliphatic carbocycles. The van der Waals surface area contributed by atoms with E-state index in [0.29, 0.717) is 13.1 Å². The number of likely N-dealkylation sites (tertiary alicyclic amines) is 1. The fourth-order valence-electron chi connectivity index (χ4n) is 2.33. The van der Waals surface area contributed by atoms with Crippen LogP contribution in [0.15, 0.2) is 23.1 Å². The second-order valence-corrected chi connectivity index (χ2v) is 6.86. The summed E-state index contributed by atoms with van der Waals surface area (Å²) in [5, 5.41) is 0. The number of nitrogens with zero attached hydrogens (tertiary/aromatic N) is 1. The van der Waals surface area contributed by atoms with E-state index in [0.717, 1.165) is 25.0 Å². The third-order valence-electron chi connectivity index (χ3n) is 3.48. The molecule has 1 atom stereocenters. The van der Waals surface area contributed by atoms with Crippen molar-refractivity contribution in [2.75, 3.05) is 20.1 Å². The molecule has 9 heteroatoms. The van der Waals surface area contributed by atoms with Crippen LogP contribution in [0.2, 0.25) is 0 Å². The van der Waals surface area contributed by atoms with Crippen molar-refractivity contribution in [3.05, 3.63) is 29.6 Å². The molecule has 0 bridgehead atoms. The van der Waals surface area contributed by atoms with Crippen molar-refractivity contribution in [3.8, 4) is 0 Å². The number of rotatable bonds is 3. The van der Waals surface area contributed by atoms with Crippen LogP contribution in [-0.2, 0) is 10.0 Å². The summed E-state index contributed by atoms with van der Waals surface area (Å²) < 4.78 is 39.2. The zero-order valence-corrected chi connectivity index (χ0v) is 13.7. The summed E-state index contributed by atoms with van der Waals surface area (Å²) in [5.41, 5.74) is 5.96. The number of hydrogen-bond acceptors (Lipinski definition) is 4. The number of carbonyl (C=O) groups is 1. The highest BCUT2D eigenvalue weighted by Crippen LogP contribution is 2.19. The van der Waals surface area contributed by atoms with E-state index < -0.39 is 20.7 Å². The SMILES string of the molecule is CNS(=O)(=O)c1cc(C(=O)N2CCCC(N)C2)ccc1F.Cl. The molecule has 6 nitrogen and oxygen atoms in total.